The van der Waals surface area contributed by atoms with E-state index in [4.69, 9.17) is 22.7 Å². The average Bonchev–Trinajstić information content (AvgIpc) is 2.84. The van der Waals surface area contributed by atoms with Gasteiger partial charge in [-0.05, 0) is 65.2 Å². The minimum absolute atomic E-state index is 0. The first kappa shape index (κ1) is 28.8. The Hall–Kier alpha value is -3.46. The van der Waals surface area contributed by atoms with Crippen molar-refractivity contribution in [1.29, 1.82) is 0 Å². The third-order valence-corrected chi connectivity index (χ3v) is 5.58. The Bertz CT molecular complexity index is 1240. The van der Waals surface area contributed by atoms with E-state index in [0.717, 1.165) is 11.1 Å². The Balaban J connectivity index is 0.00000456. The van der Waals surface area contributed by atoms with E-state index in [1.807, 2.05) is 18.2 Å². The number of methoxy groups -OCH3 is 1. The van der Waals surface area contributed by atoms with Gasteiger partial charge in [0.15, 0.2) is 5.11 Å². The predicted octanol–water partition coefficient (Wildman–Crippen LogP) is 1.83. The molecule has 3 aromatic carbocycles. The molecule has 0 aliphatic heterocycles. The smallest absolute Gasteiger partial charge is 0.257 e. The fourth-order valence-corrected chi connectivity index (χ4v) is 3.58. The summed E-state index contributed by atoms with van der Waals surface area (Å²) >= 11 is 5.30. The molecule has 3 rings (SSSR count). The molecule has 0 aliphatic carbocycles. The lowest BCUT2D eigenvalue weighted by molar-refractivity contribution is -0.0000234. The molecule has 0 unspecified atom stereocenters. The van der Waals surface area contributed by atoms with Crippen LogP contribution in [0.5, 0.6) is 5.75 Å². The molecule has 0 bridgehead atoms. The van der Waals surface area contributed by atoms with Crippen molar-refractivity contribution in [2.24, 2.45) is 5.73 Å². The Kier molecular flexibility index (Phi) is 9.98. The zero-order valence-corrected chi connectivity index (χ0v) is 22.2. The molecule has 3 aromatic rings. The molecular formula is C27H30ClN4O3S-. The van der Waals surface area contributed by atoms with Crippen LogP contribution in [0.25, 0.3) is 0 Å². The maximum absolute atomic E-state index is 12.7. The number of nitrogens with one attached hydrogen (secondary N) is 3. The molecule has 0 fully saturated rings. The number of carbonyl (C=O) groups is 2. The summed E-state index contributed by atoms with van der Waals surface area (Å²) in [6.07, 6.45) is 0. The van der Waals surface area contributed by atoms with Gasteiger partial charge in [-0.3, -0.25) is 14.9 Å². The van der Waals surface area contributed by atoms with E-state index in [-0.39, 0.29) is 34.7 Å². The van der Waals surface area contributed by atoms with Gasteiger partial charge in [-0.15, -0.1) is 0 Å². The van der Waals surface area contributed by atoms with Gasteiger partial charge in [-0.1, -0.05) is 45.0 Å². The number of amides is 2. The molecular weight excluding hydrogens is 496 g/mol. The summed E-state index contributed by atoms with van der Waals surface area (Å²) in [6, 6.07) is 19.7. The van der Waals surface area contributed by atoms with Crippen LogP contribution in [-0.4, -0.2) is 24.0 Å². The van der Waals surface area contributed by atoms with Gasteiger partial charge in [0, 0.05) is 29.4 Å². The van der Waals surface area contributed by atoms with Gasteiger partial charge in [-0.2, -0.15) is 0 Å². The minimum atomic E-state index is -0.307. The van der Waals surface area contributed by atoms with Crippen LogP contribution < -0.4 is 38.8 Å². The minimum Gasteiger partial charge on any atom is -1.00 e. The highest BCUT2D eigenvalue weighted by Crippen LogP contribution is 2.28. The van der Waals surface area contributed by atoms with Gasteiger partial charge >= 0.3 is 0 Å². The fourth-order valence-electron chi connectivity index (χ4n) is 3.37. The van der Waals surface area contributed by atoms with Crippen molar-refractivity contribution in [1.82, 2.24) is 5.32 Å². The summed E-state index contributed by atoms with van der Waals surface area (Å²) in [4.78, 5) is 25.2. The van der Waals surface area contributed by atoms with Crippen molar-refractivity contribution in [3.63, 3.8) is 0 Å². The maximum atomic E-state index is 12.7. The molecule has 0 saturated carbocycles. The van der Waals surface area contributed by atoms with Gasteiger partial charge < -0.3 is 33.5 Å². The number of thiocarbonyl (C=S) groups is 1. The number of hydrogen-bond donors (Lipinski definition) is 4. The fraction of sp³-hybridized carbons (Fsp3) is 0.222. The Morgan fingerprint density at radius 3 is 2.22 bits per heavy atom. The summed E-state index contributed by atoms with van der Waals surface area (Å²) in [7, 11) is 1.51. The molecule has 0 saturated heterocycles. The van der Waals surface area contributed by atoms with E-state index >= 15 is 0 Å². The topological polar surface area (TPSA) is 105 Å². The van der Waals surface area contributed by atoms with Gasteiger partial charge in [0.1, 0.15) is 5.75 Å². The quantitative estimate of drug-likeness (QED) is 0.366. The number of nitrogens with two attached hydrogens (primary N) is 1. The second-order valence-electron chi connectivity index (χ2n) is 9.01. The van der Waals surface area contributed by atoms with Crippen LogP contribution in [0.1, 0.15) is 52.6 Å². The van der Waals surface area contributed by atoms with Crippen LogP contribution in [0.3, 0.4) is 0 Å². The van der Waals surface area contributed by atoms with Crippen molar-refractivity contribution < 1.29 is 26.7 Å². The second kappa shape index (κ2) is 12.5. The molecule has 0 radical (unpaired) electrons. The van der Waals surface area contributed by atoms with Crippen molar-refractivity contribution in [2.45, 2.75) is 32.7 Å². The molecule has 7 nitrogen and oxygen atoms in total. The molecule has 0 aromatic heterocycles. The van der Waals surface area contributed by atoms with Crippen molar-refractivity contribution in [3.8, 4) is 5.75 Å². The Morgan fingerprint density at radius 1 is 0.917 bits per heavy atom. The monoisotopic (exact) mass is 525 g/mol. The van der Waals surface area contributed by atoms with Gasteiger partial charge in [0.05, 0.1) is 12.8 Å². The summed E-state index contributed by atoms with van der Waals surface area (Å²) in [5.74, 6) is -0.150. The second-order valence-corrected chi connectivity index (χ2v) is 9.42. The molecule has 5 N–H and O–H groups in total. The Labute approximate surface area is 223 Å². The molecule has 0 spiro atoms. The van der Waals surface area contributed by atoms with Crippen LogP contribution in [0, 0.1) is 0 Å². The van der Waals surface area contributed by atoms with E-state index in [2.05, 4.69) is 36.7 Å². The number of hydrogen-bond acceptors (Lipinski definition) is 5. The lowest BCUT2D eigenvalue weighted by Crippen LogP contribution is -3.00. The van der Waals surface area contributed by atoms with Crippen molar-refractivity contribution in [3.05, 3.63) is 89.0 Å². The van der Waals surface area contributed by atoms with E-state index in [1.165, 1.54) is 7.11 Å². The molecule has 2 amide bonds. The molecule has 0 atom stereocenters. The number of carbonyl (C=O) groups excluding carboxylic acids is 2. The molecule has 9 heteroatoms. The SMILES string of the molecule is COc1cc(NC(=S)NC(=O)c2ccc(C(C)(C)C)cc2)ccc1NC(=O)c1cccc(CN)c1.[Cl-]. The number of anilines is 2. The van der Waals surface area contributed by atoms with E-state index in [1.54, 1.807) is 48.5 Å². The van der Waals surface area contributed by atoms with Crippen LogP contribution in [-0.2, 0) is 12.0 Å². The van der Waals surface area contributed by atoms with E-state index in [9.17, 15) is 9.59 Å². The van der Waals surface area contributed by atoms with Gasteiger partial charge in [0.2, 0.25) is 0 Å². The van der Waals surface area contributed by atoms with Crippen LogP contribution in [0.4, 0.5) is 11.4 Å². The van der Waals surface area contributed by atoms with Crippen LogP contribution in [0.15, 0.2) is 66.7 Å². The van der Waals surface area contributed by atoms with Gasteiger partial charge in [-0.25, -0.2) is 0 Å². The lowest BCUT2D eigenvalue weighted by Gasteiger charge is -2.19. The largest absolute Gasteiger partial charge is 1.00 e. The molecule has 0 heterocycles. The van der Waals surface area contributed by atoms with Crippen molar-refractivity contribution in [2.75, 3.05) is 17.7 Å². The lowest BCUT2D eigenvalue weighted by atomic mass is 9.87. The average molecular weight is 526 g/mol. The van der Waals surface area contributed by atoms with E-state index in [0.29, 0.717) is 34.8 Å². The summed E-state index contributed by atoms with van der Waals surface area (Å²) < 4.78 is 5.43. The molecule has 36 heavy (non-hydrogen) atoms. The Morgan fingerprint density at radius 2 is 1.61 bits per heavy atom. The van der Waals surface area contributed by atoms with Gasteiger partial charge in [0.25, 0.3) is 11.8 Å². The first-order valence-corrected chi connectivity index (χ1v) is 11.5. The standard InChI is InChI=1S/C27H30N4O3S.ClH/c1-27(2,3)20-10-8-18(9-11-20)24(32)31-26(35)29-21-12-13-22(23(15-21)34-4)30-25(33)19-7-5-6-17(14-19)16-28;/h5-15H,16,28H2,1-4H3,(H,30,33)(H2,29,31,32,35);1H/p-1. The number of halogens is 1. The summed E-state index contributed by atoms with van der Waals surface area (Å²) in [5, 5.41) is 8.64. The third kappa shape index (κ3) is 7.52. The number of ether oxygens (including phenoxy) is 1. The molecule has 0 aliphatic rings. The summed E-state index contributed by atoms with van der Waals surface area (Å²) in [6.45, 7) is 6.70. The summed E-state index contributed by atoms with van der Waals surface area (Å²) in [5.41, 5.74) is 9.77. The number of benzene rings is 3. The number of rotatable bonds is 6. The zero-order valence-electron chi connectivity index (χ0n) is 20.6. The van der Waals surface area contributed by atoms with Crippen LogP contribution in [0.2, 0.25) is 0 Å². The highest BCUT2D eigenvalue weighted by Gasteiger charge is 2.15. The molecule has 190 valence electrons. The zero-order chi connectivity index (χ0) is 25.6. The van der Waals surface area contributed by atoms with E-state index < -0.39 is 0 Å². The normalized spacial score (nSPS) is 10.6. The first-order valence-electron chi connectivity index (χ1n) is 11.1. The van der Waals surface area contributed by atoms with Crippen LogP contribution >= 0.6 is 12.2 Å². The first-order chi connectivity index (χ1) is 16.6. The van der Waals surface area contributed by atoms with Crippen molar-refractivity contribution >= 4 is 40.5 Å². The predicted molar refractivity (Wildman–Crippen MR) is 144 cm³/mol. The maximum Gasteiger partial charge on any atom is 0.257 e. The highest BCUT2D eigenvalue weighted by atomic mass is 35.5. The third-order valence-electron chi connectivity index (χ3n) is 5.37. The highest BCUT2D eigenvalue weighted by molar-refractivity contribution is 7.80.